The standard InChI is InChI=1S/C26H27ClFN6O7P/c1-15(25(36)38-12-16-8-4-2-5-9-16)33-42(37,41-17-10-6-3-7-11-17)39-13-18-21(35)19(28)24(40-18)34-14-30-20-22(29)31-26(27)32-23(20)34/h2-11,14-15,18-19,21,24,35H,12-13H2,1H3,(H,33,37)(H2,29,31,32). The Labute approximate surface area is 244 Å². The van der Waals surface area contributed by atoms with Gasteiger partial charge in [0.1, 0.15) is 36.1 Å². The first-order valence-electron chi connectivity index (χ1n) is 12.7. The number of imidazole rings is 1. The normalized spacial score (nSPS) is 22.5. The van der Waals surface area contributed by atoms with Gasteiger partial charge in [0.15, 0.2) is 23.9 Å². The fourth-order valence-corrected chi connectivity index (χ4v) is 5.86. The minimum Gasteiger partial charge on any atom is -0.460 e. The first kappa shape index (κ1) is 29.8. The van der Waals surface area contributed by atoms with Crippen molar-refractivity contribution in [2.24, 2.45) is 0 Å². The molecule has 1 aliphatic heterocycles. The van der Waals surface area contributed by atoms with E-state index in [0.29, 0.717) is 0 Å². The van der Waals surface area contributed by atoms with Gasteiger partial charge in [-0.05, 0) is 36.2 Å². The van der Waals surface area contributed by atoms with E-state index in [1.165, 1.54) is 30.0 Å². The summed E-state index contributed by atoms with van der Waals surface area (Å²) < 4.78 is 52.6. The number of carbonyl (C=O) groups is 1. The van der Waals surface area contributed by atoms with Crippen molar-refractivity contribution < 1.29 is 37.4 Å². The molecule has 42 heavy (non-hydrogen) atoms. The number of fused-ring (bicyclic) bond motifs is 1. The number of nitrogens with zero attached hydrogens (tertiary/aromatic N) is 4. The van der Waals surface area contributed by atoms with Crippen LogP contribution in [0.4, 0.5) is 10.2 Å². The molecule has 222 valence electrons. The van der Waals surface area contributed by atoms with E-state index >= 15 is 4.39 Å². The number of halogens is 2. The number of aromatic nitrogens is 4. The Kier molecular flexibility index (Phi) is 9.02. The number of aliphatic hydroxyl groups is 1. The highest BCUT2D eigenvalue weighted by atomic mass is 35.5. The van der Waals surface area contributed by atoms with Crippen molar-refractivity contribution in [2.75, 3.05) is 12.3 Å². The lowest BCUT2D eigenvalue weighted by molar-refractivity contribution is -0.146. The van der Waals surface area contributed by atoms with Crippen LogP contribution in [0.2, 0.25) is 5.28 Å². The molecule has 0 radical (unpaired) electrons. The maximum Gasteiger partial charge on any atom is 0.459 e. The van der Waals surface area contributed by atoms with Crippen LogP contribution >= 0.6 is 19.3 Å². The number of alkyl halides is 1. The van der Waals surface area contributed by atoms with Gasteiger partial charge >= 0.3 is 13.7 Å². The van der Waals surface area contributed by atoms with Crippen molar-refractivity contribution in [3.63, 3.8) is 0 Å². The van der Waals surface area contributed by atoms with Gasteiger partial charge in [-0.3, -0.25) is 13.9 Å². The fourth-order valence-electron chi connectivity index (χ4n) is 4.19. The van der Waals surface area contributed by atoms with Gasteiger partial charge in [0.25, 0.3) is 0 Å². The van der Waals surface area contributed by atoms with Crippen molar-refractivity contribution >= 4 is 42.3 Å². The molecule has 2 aromatic heterocycles. The van der Waals surface area contributed by atoms with Gasteiger partial charge in [0, 0.05) is 0 Å². The van der Waals surface area contributed by atoms with Crippen LogP contribution in [-0.4, -0.2) is 61.6 Å². The van der Waals surface area contributed by atoms with Crippen LogP contribution in [0.5, 0.6) is 5.75 Å². The molecular weight excluding hydrogens is 594 g/mol. The van der Waals surface area contributed by atoms with E-state index in [9.17, 15) is 14.5 Å². The monoisotopic (exact) mass is 620 g/mol. The molecule has 6 atom stereocenters. The molecule has 0 saturated carbocycles. The second-order valence-corrected chi connectivity index (χ2v) is 11.4. The van der Waals surface area contributed by atoms with Crippen LogP contribution in [0.3, 0.4) is 0 Å². The highest BCUT2D eigenvalue weighted by Gasteiger charge is 2.47. The van der Waals surface area contributed by atoms with Crippen molar-refractivity contribution in [1.82, 2.24) is 24.6 Å². The number of rotatable bonds is 11. The van der Waals surface area contributed by atoms with Crippen molar-refractivity contribution in [1.29, 1.82) is 0 Å². The topological polar surface area (TPSA) is 173 Å². The summed E-state index contributed by atoms with van der Waals surface area (Å²) in [5.41, 5.74) is 6.86. The zero-order valence-corrected chi connectivity index (χ0v) is 23.8. The highest BCUT2D eigenvalue weighted by Crippen LogP contribution is 2.46. The summed E-state index contributed by atoms with van der Waals surface area (Å²) in [7, 11) is -4.32. The average molecular weight is 621 g/mol. The summed E-state index contributed by atoms with van der Waals surface area (Å²) >= 11 is 5.90. The smallest absolute Gasteiger partial charge is 0.459 e. The van der Waals surface area contributed by atoms with Crippen LogP contribution in [0.1, 0.15) is 18.7 Å². The number of esters is 1. The number of benzene rings is 2. The minimum absolute atomic E-state index is 0.00247. The van der Waals surface area contributed by atoms with E-state index in [2.05, 4.69) is 20.0 Å². The first-order chi connectivity index (χ1) is 20.1. The van der Waals surface area contributed by atoms with Gasteiger partial charge in [0.05, 0.1) is 12.9 Å². The Balaban J connectivity index is 1.29. The molecular formula is C26H27ClFN6O7P. The van der Waals surface area contributed by atoms with Crippen molar-refractivity contribution in [3.8, 4) is 5.75 Å². The number of hydrogen-bond acceptors (Lipinski definition) is 11. The van der Waals surface area contributed by atoms with Crippen molar-refractivity contribution in [3.05, 3.63) is 77.8 Å². The number of anilines is 1. The van der Waals surface area contributed by atoms with E-state index < -0.39 is 51.0 Å². The molecule has 3 heterocycles. The summed E-state index contributed by atoms with van der Waals surface area (Å²) in [4.78, 5) is 24.6. The number of para-hydroxylation sites is 1. The molecule has 4 aromatic rings. The lowest BCUT2D eigenvalue weighted by Gasteiger charge is -2.24. The van der Waals surface area contributed by atoms with E-state index in [1.807, 2.05) is 6.07 Å². The van der Waals surface area contributed by atoms with Gasteiger partial charge in [-0.2, -0.15) is 15.1 Å². The number of nitrogens with one attached hydrogen (secondary N) is 1. The molecule has 0 aliphatic carbocycles. The Hall–Kier alpha value is -3.65. The highest BCUT2D eigenvalue weighted by molar-refractivity contribution is 7.52. The van der Waals surface area contributed by atoms with Crippen molar-refractivity contribution in [2.45, 2.75) is 44.2 Å². The number of nitrogens with two attached hydrogens (primary N) is 1. The number of aliphatic hydroxyl groups excluding tert-OH is 1. The predicted molar refractivity (Wildman–Crippen MR) is 149 cm³/mol. The van der Waals surface area contributed by atoms with E-state index in [1.54, 1.807) is 42.5 Å². The van der Waals surface area contributed by atoms with Crippen LogP contribution in [-0.2, 0) is 30.0 Å². The lowest BCUT2D eigenvalue weighted by Crippen LogP contribution is -2.37. The average Bonchev–Trinajstić information content (AvgIpc) is 3.52. The molecule has 2 aromatic carbocycles. The molecule has 1 fully saturated rings. The molecule has 0 spiro atoms. The molecule has 4 N–H and O–H groups in total. The second-order valence-electron chi connectivity index (χ2n) is 9.34. The summed E-state index contributed by atoms with van der Waals surface area (Å²) in [5, 5.41) is 13.0. The second kappa shape index (κ2) is 12.7. The maximum atomic E-state index is 15.3. The number of ether oxygens (including phenoxy) is 2. The van der Waals surface area contributed by atoms with Gasteiger partial charge in [-0.1, -0.05) is 48.5 Å². The third-order valence-corrected chi connectivity index (χ3v) is 8.11. The summed E-state index contributed by atoms with van der Waals surface area (Å²) in [6.45, 7) is 0.850. The first-order valence-corrected chi connectivity index (χ1v) is 14.7. The molecule has 1 aliphatic rings. The van der Waals surface area contributed by atoms with Gasteiger partial charge in [0.2, 0.25) is 5.28 Å². The fraction of sp³-hybridized carbons (Fsp3) is 0.308. The Morgan fingerprint density at radius 1 is 1.21 bits per heavy atom. The molecule has 16 heteroatoms. The summed E-state index contributed by atoms with van der Waals surface area (Å²) in [6.07, 6.45) is -5.11. The third kappa shape index (κ3) is 6.70. The molecule has 5 rings (SSSR count). The SMILES string of the molecule is CC(NP(=O)(OCC1OC(n2cnc3c(N)nc(Cl)nc32)C(F)C1O)Oc1ccccc1)C(=O)OCc1ccccc1. The number of hydrogen-bond donors (Lipinski definition) is 3. The Morgan fingerprint density at radius 2 is 1.90 bits per heavy atom. The third-order valence-electron chi connectivity index (χ3n) is 6.30. The Bertz CT molecular complexity index is 1580. The minimum atomic E-state index is -4.32. The number of nitrogen functional groups attached to an aromatic ring is 1. The molecule has 6 unspecified atom stereocenters. The summed E-state index contributed by atoms with van der Waals surface area (Å²) in [6, 6.07) is 16.0. The number of carbonyl (C=O) groups excluding carboxylic acids is 1. The van der Waals surface area contributed by atoms with Gasteiger partial charge in [-0.25, -0.2) is 13.9 Å². The summed E-state index contributed by atoms with van der Waals surface area (Å²) in [5.74, 6) is -0.558. The molecule has 0 bridgehead atoms. The van der Waals surface area contributed by atoms with Crippen LogP contribution in [0.15, 0.2) is 67.0 Å². The molecule has 0 amide bonds. The van der Waals surface area contributed by atoms with Crippen LogP contribution in [0.25, 0.3) is 11.2 Å². The van der Waals surface area contributed by atoms with Crippen LogP contribution in [0, 0.1) is 0 Å². The lowest BCUT2D eigenvalue weighted by atomic mass is 10.1. The van der Waals surface area contributed by atoms with E-state index in [0.717, 1.165) is 5.56 Å². The molecule has 1 saturated heterocycles. The van der Waals surface area contributed by atoms with Gasteiger partial charge < -0.3 is 24.8 Å². The Morgan fingerprint density at radius 3 is 2.62 bits per heavy atom. The maximum absolute atomic E-state index is 15.3. The zero-order chi connectivity index (χ0) is 29.9. The van der Waals surface area contributed by atoms with Gasteiger partial charge in [-0.15, -0.1) is 0 Å². The molecule has 13 nitrogen and oxygen atoms in total. The van der Waals surface area contributed by atoms with Crippen LogP contribution < -0.4 is 15.3 Å². The zero-order valence-electron chi connectivity index (χ0n) is 22.1. The predicted octanol–water partition coefficient (Wildman–Crippen LogP) is 3.58. The van der Waals surface area contributed by atoms with E-state index in [-0.39, 0.29) is 34.6 Å². The largest absolute Gasteiger partial charge is 0.460 e. The van der Waals surface area contributed by atoms with E-state index in [4.69, 9.17) is 35.9 Å². The quantitative estimate of drug-likeness (QED) is 0.127.